The van der Waals surface area contributed by atoms with Crippen molar-refractivity contribution in [3.05, 3.63) is 0 Å². The Bertz CT molecular complexity index is 179. The highest BCUT2D eigenvalue weighted by atomic mass is 15.0. The fourth-order valence-corrected chi connectivity index (χ4v) is 1.46. The minimum absolute atomic E-state index is 0.301. The first-order chi connectivity index (χ1) is 5.72. The van der Waals surface area contributed by atoms with Crippen LogP contribution in [0.3, 0.4) is 0 Å². The second-order valence-corrected chi connectivity index (χ2v) is 3.21. The Kier molecular flexibility index (Phi) is 3.22. The van der Waals surface area contributed by atoms with Crippen molar-refractivity contribution in [2.75, 3.05) is 0 Å². The maximum absolute atomic E-state index is 5.74. The Labute approximate surface area is 72.8 Å². The number of hydrogen-bond donors (Lipinski definition) is 2. The van der Waals surface area contributed by atoms with Crippen LogP contribution in [0.25, 0.3) is 0 Å². The van der Waals surface area contributed by atoms with Gasteiger partial charge < -0.3 is 11.5 Å². The highest BCUT2D eigenvalue weighted by Gasteiger charge is 2.17. The van der Waals surface area contributed by atoms with Crippen LogP contribution in [-0.2, 0) is 0 Å². The first-order valence-corrected chi connectivity index (χ1v) is 4.28. The predicted octanol–water partition coefficient (Wildman–Crippen LogP) is 0.272. The van der Waals surface area contributed by atoms with Gasteiger partial charge in [-0.3, -0.25) is 0 Å². The summed E-state index contributed by atoms with van der Waals surface area (Å²) in [5.74, 6) is 0.301. The van der Waals surface area contributed by atoms with Crippen LogP contribution in [0.1, 0.15) is 25.7 Å². The molecule has 0 saturated heterocycles. The van der Waals surface area contributed by atoms with E-state index in [1.165, 1.54) is 0 Å². The summed E-state index contributed by atoms with van der Waals surface area (Å²) in [6, 6.07) is 0.671. The lowest BCUT2D eigenvalue weighted by Gasteiger charge is -2.22. The van der Waals surface area contributed by atoms with Gasteiger partial charge in [0.1, 0.15) is 0 Å². The van der Waals surface area contributed by atoms with Crippen molar-refractivity contribution < 1.29 is 0 Å². The summed E-state index contributed by atoms with van der Waals surface area (Å²) >= 11 is 0. The van der Waals surface area contributed by atoms with Crippen LogP contribution in [0.2, 0.25) is 0 Å². The third-order valence-corrected chi connectivity index (χ3v) is 2.22. The number of nitrogens with zero attached hydrogens (tertiary/aromatic N) is 2. The van der Waals surface area contributed by atoms with Crippen LogP contribution in [0.15, 0.2) is 9.98 Å². The lowest BCUT2D eigenvalue weighted by atomic mass is 9.92. The van der Waals surface area contributed by atoms with Gasteiger partial charge in [-0.05, 0) is 32.4 Å². The molecule has 68 valence electrons. The molecule has 0 bridgehead atoms. The predicted molar refractivity (Wildman–Crippen MR) is 51.4 cm³/mol. The summed E-state index contributed by atoms with van der Waals surface area (Å²) in [7, 11) is 0. The van der Waals surface area contributed by atoms with Crippen molar-refractivity contribution in [3.63, 3.8) is 0 Å². The maximum Gasteiger partial charge on any atom is 0.214 e. The van der Waals surface area contributed by atoms with Gasteiger partial charge in [-0.1, -0.05) is 0 Å². The highest BCUT2D eigenvalue weighted by molar-refractivity contribution is 5.82. The van der Waals surface area contributed by atoms with Gasteiger partial charge >= 0.3 is 0 Å². The largest absolute Gasteiger partial charge is 0.368 e. The fourth-order valence-electron chi connectivity index (χ4n) is 1.46. The van der Waals surface area contributed by atoms with Gasteiger partial charge in [-0.25, -0.2) is 9.98 Å². The Morgan fingerprint density at radius 2 is 1.83 bits per heavy atom. The summed E-state index contributed by atoms with van der Waals surface area (Å²) in [5.41, 5.74) is 11.2. The van der Waals surface area contributed by atoms with Gasteiger partial charge in [0.15, 0.2) is 0 Å². The molecule has 1 aliphatic rings. The van der Waals surface area contributed by atoms with Gasteiger partial charge in [0.25, 0.3) is 0 Å². The van der Waals surface area contributed by atoms with Crippen LogP contribution in [0.5, 0.6) is 0 Å². The average molecular weight is 168 g/mol. The molecule has 4 N–H and O–H groups in total. The van der Waals surface area contributed by atoms with Gasteiger partial charge in [0.2, 0.25) is 5.96 Å². The third kappa shape index (κ3) is 2.62. The fraction of sp³-hybridized carbons (Fsp3) is 0.750. The molecule has 4 heteroatoms. The smallest absolute Gasteiger partial charge is 0.214 e. The monoisotopic (exact) mass is 168 g/mol. The normalized spacial score (nSPS) is 31.6. The summed E-state index contributed by atoms with van der Waals surface area (Å²) < 4.78 is 0. The minimum atomic E-state index is 0.301. The first kappa shape index (κ1) is 9.19. The lowest BCUT2D eigenvalue weighted by Crippen LogP contribution is -2.29. The molecule has 0 aromatic heterocycles. The molecular formula is C8H16N4. The zero-order valence-electron chi connectivity index (χ0n) is 7.24. The van der Waals surface area contributed by atoms with E-state index in [-0.39, 0.29) is 0 Å². The number of nitrogens with two attached hydrogens (primary N) is 2. The minimum Gasteiger partial charge on any atom is -0.368 e. The molecule has 0 unspecified atom stereocenters. The second-order valence-electron chi connectivity index (χ2n) is 3.21. The van der Waals surface area contributed by atoms with Crippen molar-refractivity contribution in [1.82, 2.24) is 0 Å². The molecule has 0 radical (unpaired) electrons. The number of hydrogen-bond acceptors (Lipinski definition) is 2. The molecule has 1 aliphatic carbocycles. The molecule has 0 aliphatic heterocycles. The number of rotatable bonds is 1. The molecule has 1 saturated carbocycles. The molecular weight excluding hydrogens is 152 g/mol. The van der Waals surface area contributed by atoms with Crippen LogP contribution >= 0.6 is 0 Å². The number of guanidine groups is 1. The van der Waals surface area contributed by atoms with E-state index in [0.717, 1.165) is 25.7 Å². The molecule has 0 atom stereocenters. The molecule has 4 nitrogen and oxygen atoms in total. The Balaban J connectivity index is 2.40. The lowest BCUT2D eigenvalue weighted by molar-refractivity contribution is 0.396. The highest BCUT2D eigenvalue weighted by Crippen LogP contribution is 2.19. The Morgan fingerprint density at radius 3 is 2.33 bits per heavy atom. The molecule has 1 fully saturated rings. The van der Waals surface area contributed by atoms with Crippen molar-refractivity contribution in [2.45, 2.75) is 37.8 Å². The average Bonchev–Trinajstić information content (AvgIpc) is 2.09. The molecule has 0 aromatic rings. The van der Waals surface area contributed by atoms with Gasteiger partial charge in [-0.15, -0.1) is 0 Å². The third-order valence-electron chi connectivity index (χ3n) is 2.22. The van der Waals surface area contributed by atoms with Crippen LogP contribution in [0.4, 0.5) is 0 Å². The van der Waals surface area contributed by atoms with E-state index in [1.807, 2.05) is 0 Å². The van der Waals surface area contributed by atoms with E-state index in [1.54, 1.807) is 0 Å². The molecule has 0 amide bonds. The summed E-state index contributed by atoms with van der Waals surface area (Å²) in [4.78, 5) is 7.75. The van der Waals surface area contributed by atoms with E-state index in [2.05, 4.69) is 16.7 Å². The second kappa shape index (κ2) is 4.21. The Hall–Kier alpha value is -0.900. The van der Waals surface area contributed by atoms with Gasteiger partial charge in [-0.2, -0.15) is 0 Å². The van der Waals surface area contributed by atoms with Crippen molar-refractivity contribution in [1.29, 1.82) is 0 Å². The summed E-state index contributed by atoms with van der Waals surface area (Å²) in [6.07, 6.45) is 4.13. The summed E-state index contributed by atoms with van der Waals surface area (Å²) in [5, 5.41) is 0. The van der Waals surface area contributed by atoms with Crippen LogP contribution in [0, 0.1) is 0 Å². The van der Waals surface area contributed by atoms with E-state index >= 15 is 0 Å². The maximum atomic E-state index is 5.74. The van der Waals surface area contributed by atoms with E-state index in [9.17, 15) is 0 Å². The Morgan fingerprint density at radius 1 is 1.25 bits per heavy atom. The molecule has 0 heterocycles. The van der Waals surface area contributed by atoms with Crippen molar-refractivity contribution >= 4 is 12.7 Å². The topological polar surface area (TPSA) is 76.8 Å². The van der Waals surface area contributed by atoms with E-state index in [4.69, 9.17) is 11.5 Å². The van der Waals surface area contributed by atoms with E-state index in [0.29, 0.717) is 18.0 Å². The molecule has 1 rings (SSSR count). The first-order valence-electron chi connectivity index (χ1n) is 4.28. The van der Waals surface area contributed by atoms with E-state index < -0.39 is 0 Å². The molecule has 12 heavy (non-hydrogen) atoms. The van der Waals surface area contributed by atoms with Crippen LogP contribution < -0.4 is 11.5 Å². The SMILES string of the molecule is C=NC(N)=NC1CCC(N)CC1. The van der Waals surface area contributed by atoms with Crippen LogP contribution in [-0.4, -0.2) is 24.8 Å². The zero-order chi connectivity index (χ0) is 8.97. The number of aliphatic imine (C=N–C) groups is 2. The van der Waals surface area contributed by atoms with Crippen molar-refractivity contribution in [3.8, 4) is 0 Å². The zero-order valence-corrected chi connectivity index (χ0v) is 7.24. The standard InChI is InChI=1S/C8H16N4/c1-11-8(10)12-7-4-2-6(9)3-5-7/h6-7H,1-5,9H2,(H2,10,12). The summed E-state index contributed by atoms with van der Waals surface area (Å²) in [6.45, 7) is 3.31. The quantitative estimate of drug-likeness (QED) is 0.435. The molecule has 0 spiro atoms. The van der Waals surface area contributed by atoms with Gasteiger partial charge in [0.05, 0.1) is 6.04 Å². The van der Waals surface area contributed by atoms with Gasteiger partial charge in [0, 0.05) is 6.04 Å². The van der Waals surface area contributed by atoms with Crippen molar-refractivity contribution in [2.24, 2.45) is 21.5 Å². The molecule has 0 aromatic carbocycles.